The van der Waals surface area contributed by atoms with Crippen LogP contribution in [0.1, 0.15) is 25.3 Å². The second-order valence-electron chi connectivity index (χ2n) is 4.57. The Morgan fingerprint density at radius 3 is 2.59 bits per heavy atom. The van der Waals surface area contributed by atoms with Crippen LogP contribution in [0.2, 0.25) is 0 Å². The van der Waals surface area contributed by atoms with Gasteiger partial charge in [-0.1, -0.05) is 25.1 Å². The lowest BCUT2D eigenvalue weighted by molar-refractivity contribution is 0.595. The summed E-state index contributed by atoms with van der Waals surface area (Å²) in [6.45, 7) is 1.67. The quantitative estimate of drug-likeness (QED) is 0.772. The number of benzene rings is 1. The van der Waals surface area contributed by atoms with Crippen LogP contribution < -0.4 is 0 Å². The Bertz CT molecular complexity index is 492. The van der Waals surface area contributed by atoms with Crippen LogP contribution in [0.4, 0.5) is 0 Å². The van der Waals surface area contributed by atoms with E-state index in [0.29, 0.717) is 17.2 Å². The van der Waals surface area contributed by atoms with Crippen LogP contribution in [-0.4, -0.2) is 19.5 Å². The van der Waals surface area contributed by atoms with Crippen LogP contribution >= 0.6 is 11.6 Å². The summed E-state index contributed by atoms with van der Waals surface area (Å²) < 4.78 is 23.9. The van der Waals surface area contributed by atoms with Crippen molar-refractivity contribution < 1.29 is 8.42 Å². The molecule has 0 radical (unpaired) electrons. The van der Waals surface area contributed by atoms with Crippen molar-refractivity contribution in [2.75, 3.05) is 5.75 Å². The van der Waals surface area contributed by atoms with Crippen LogP contribution in [0.5, 0.6) is 0 Å². The zero-order chi connectivity index (χ0) is 12.5. The lowest BCUT2D eigenvalue weighted by Crippen LogP contribution is -2.12. The van der Waals surface area contributed by atoms with Gasteiger partial charge >= 0.3 is 0 Å². The third kappa shape index (κ3) is 3.02. The van der Waals surface area contributed by atoms with Gasteiger partial charge in [-0.2, -0.15) is 0 Å². The van der Waals surface area contributed by atoms with Gasteiger partial charge in [-0.3, -0.25) is 0 Å². The monoisotopic (exact) mass is 272 g/mol. The van der Waals surface area contributed by atoms with E-state index in [4.69, 9.17) is 11.6 Å². The Balaban J connectivity index is 2.27. The summed E-state index contributed by atoms with van der Waals surface area (Å²) in [6.07, 6.45) is 3.01. The fourth-order valence-electron chi connectivity index (χ4n) is 1.97. The number of sulfone groups is 1. The van der Waals surface area contributed by atoms with E-state index in [2.05, 4.69) is 0 Å². The minimum absolute atomic E-state index is 0.0724. The van der Waals surface area contributed by atoms with Crippen LogP contribution in [-0.2, 0) is 16.3 Å². The Kier molecular flexibility index (Phi) is 3.79. The maximum atomic E-state index is 11.9. The van der Waals surface area contributed by atoms with Gasteiger partial charge in [0.25, 0.3) is 0 Å². The largest absolute Gasteiger partial charge is 0.224 e. The van der Waals surface area contributed by atoms with Gasteiger partial charge in [0, 0.05) is 5.38 Å². The maximum Gasteiger partial charge on any atom is 0.178 e. The first kappa shape index (κ1) is 12.9. The highest BCUT2D eigenvalue weighted by Gasteiger charge is 2.30. The van der Waals surface area contributed by atoms with Gasteiger partial charge in [-0.15, -0.1) is 11.6 Å². The van der Waals surface area contributed by atoms with Crippen molar-refractivity contribution in [3.05, 3.63) is 29.8 Å². The van der Waals surface area contributed by atoms with Gasteiger partial charge in [-0.25, -0.2) is 8.42 Å². The van der Waals surface area contributed by atoms with E-state index in [0.717, 1.165) is 5.56 Å². The van der Waals surface area contributed by atoms with E-state index in [9.17, 15) is 8.42 Å². The third-order valence-electron chi connectivity index (χ3n) is 3.24. The van der Waals surface area contributed by atoms with Crippen LogP contribution in [0.15, 0.2) is 29.2 Å². The number of halogens is 1. The molecule has 2 rings (SSSR count). The molecule has 0 aliphatic heterocycles. The van der Waals surface area contributed by atoms with Gasteiger partial charge in [0.1, 0.15) is 0 Å². The van der Waals surface area contributed by atoms with Gasteiger partial charge < -0.3 is 0 Å². The van der Waals surface area contributed by atoms with Crippen LogP contribution in [0.25, 0.3) is 0 Å². The van der Waals surface area contributed by atoms with E-state index in [-0.39, 0.29) is 11.1 Å². The second-order valence-corrected chi connectivity index (χ2v) is 7.38. The molecular formula is C13H17ClO2S. The Labute approximate surface area is 108 Å². The fourth-order valence-corrected chi connectivity index (χ4v) is 3.53. The van der Waals surface area contributed by atoms with Crippen molar-refractivity contribution in [3.63, 3.8) is 0 Å². The van der Waals surface area contributed by atoms with E-state index < -0.39 is 9.84 Å². The molecule has 1 aliphatic rings. The van der Waals surface area contributed by atoms with Crippen molar-refractivity contribution in [1.82, 2.24) is 0 Å². The molecule has 1 aromatic carbocycles. The highest BCUT2D eigenvalue weighted by atomic mass is 35.5. The smallest absolute Gasteiger partial charge is 0.178 e. The van der Waals surface area contributed by atoms with Crippen molar-refractivity contribution in [3.8, 4) is 0 Å². The average molecular weight is 273 g/mol. The normalized spacial score (nSPS) is 18.0. The highest BCUT2D eigenvalue weighted by Crippen LogP contribution is 2.37. The summed E-state index contributed by atoms with van der Waals surface area (Å²) in [4.78, 5) is 0.453. The first-order chi connectivity index (χ1) is 8.04. The number of hydrogen-bond donors (Lipinski definition) is 0. The van der Waals surface area contributed by atoms with E-state index >= 15 is 0 Å². The molecule has 0 heterocycles. The maximum absolute atomic E-state index is 11.9. The Hall–Kier alpha value is -0.540. The van der Waals surface area contributed by atoms with Crippen molar-refractivity contribution >= 4 is 21.4 Å². The van der Waals surface area contributed by atoms with Crippen LogP contribution in [0.3, 0.4) is 0 Å². The first-order valence-electron chi connectivity index (χ1n) is 5.99. The molecule has 0 aromatic heterocycles. The summed E-state index contributed by atoms with van der Waals surface area (Å²) in [7, 11) is -3.14. The number of alkyl halides is 1. The molecule has 0 saturated heterocycles. The minimum atomic E-state index is -3.14. The van der Waals surface area contributed by atoms with Crippen molar-refractivity contribution in [2.24, 2.45) is 5.92 Å². The Morgan fingerprint density at radius 1 is 1.35 bits per heavy atom. The fraction of sp³-hybridized carbons (Fsp3) is 0.538. The highest BCUT2D eigenvalue weighted by molar-refractivity contribution is 7.91. The molecule has 0 N–H and O–H groups in total. The van der Waals surface area contributed by atoms with E-state index in [1.165, 1.54) is 12.8 Å². The summed E-state index contributed by atoms with van der Waals surface area (Å²) >= 11 is 6.28. The predicted octanol–water partition coefficient (Wildman–Crippen LogP) is 3.04. The second kappa shape index (κ2) is 4.99. The number of rotatable bonds is 5. The first-order valence-corrected chi connectivity index (χ1v) is 8.08. The molecule has 94 valence electrons. The van der Waals surface area contributed by atoms with Gasteiger partial charge in [0.2, 0.25) is 0 Å². The SMILES string of the molecule is CCS(=O)(=O)c1ccccc1CC(Cl)C1CC1. The third-order valence-corrected chi connectivity index (χ3v) is 5.58. The molecule has 1 unspecified atom stereocenters. The average Bonchev–Trinajstić information content (AvgIpc) is 3.13. The van der Waals surface area contributed by atoms with Gasteiger partial charge in [0.15, 0.2) is 9.84 Å². The lowest BCUT2D eigenvalue weighted by atomic mass is 10.1. The summed E-state index contributed by atoms with van der Waals surface area (Å²) in [5.74, 6) is 0.717. The zero-order valence-electron chi connectivity index (χ0n) is 9.90. The molecule has 1 atom stereocenters. The molecule has 1 saturated carbocycles. The zero-order valence-corrected chi connectivity index (χ0v) is 11.5. The molecule has 1 aliphatic carbocycles. The molecule has 4 heteroatoms. The molecule has 0 amide bonds. The van der Waals surface area contributed by atoms with Gasteiger partial charge in [-0.05, 0) is 36.8 Å². The standard InChI is InChI=1S/C13H17ClO2S/c1-2-17(15,16)13-6-4-3-5-11(13)9-12(14)10-7-8-10/h3-6,10,12H,2,7-9H2,1H3. The Morgan fingerprint density at radius 2 is 2.00 bits per heavy atom. The van der Waals surface area contributed by atoms with Crippen LogP contribution in [0, 0.1) is 5.92 Å². The van der Waals surface area contributed by atoms with Gasteiger partial charge in [0.05, 0.1) is 10.6 Å². The molecule has 2 nitrogen and oxygen atoms in total. The summed E-state index contributed by atoms with van der Waals surface area (Å²) in [5.41, 5.74) is 0.862. The molecule has 1 aromatic rings. The summed E-state index contributed by atoms with van der Waals surface area (Å²) in [5, 5.41) is 0.0724. The number of hydrogen-bond acceptors (Lipinski definition) is 2. The summed E-state index contributed by atoms with van der Waals surface area (Å²) in [6, 6.07) is 7.21. The lowest BCUT2D eigenvalue weighted by Gasteiger charge is -2.12. The molecule has 0 bridgehead atoms. The molecule has 17 heavy (non-hydrogen) atoms. The predicted molar refractivity (Wildman–Crippen MR) is 70.2 cm³/mol. The molecule has 1 fully saturated rings. The van der Waals surface area contributed by atoms with E-state index in [1.54, 1.807) is 19.1 Å². The molecular weight excluding hydrogens is 256 g/mol. The van der Waals surface area contributed by atoms with Crippen molar-refractivity contribution in [1.29, 1.82) is 0 Å². The molecule has 0 spiro atoms. The van der Waals surface area contributed by atoms with E-state index in [1.807, 2.05) is 12.1 Å². The topological polar surface area (TPSA) is 34.1 Å². The van der Waals surface area contributed by atoms with Crippen molar-refractivity contribution in [2.45, 2.75) is 36.5 Å². The minimum Gasteiger partial charge on any atom is -0.224 e.